The SMILES string of the molecule is CC(=O)COc1cccc(NCc2cnc3nc(N)nc(N)c3n2)c1. The smallest absolute Gasteiger partial charge is 0.224 e. The third-order valence-electron chi connectivity index (χ3n) is 3.25. The second kappa shape index (κ2) is 6.95. The van der Waals surface area contributed by atoms with Crippen LogP contribution in [0.15, 0.2) is 30.5 Å². The van der Waals surface area contributed by atoms with Crippen molar-refractivity contribution in [1.82, 2.24) is 19.9 Å². The van der Waals surface area contributed by atoms with Gasteiger partial charge in [-0.05, 0) is 19.1 Å². The van der Waals surface area contributed by atoms with E-state index in [0.29, 0.717) is 29.2 Å². The van der Waals surface area contributed by atoms with E-state index in [0.717, 1.165) is 5.69 Å². The number of hydrogen-bond acceptors (Lipinski definition) is 9. The van der Waals surface area contributed by atoms with E-state index in [1.54, 1.807) is 18.3 Å². The summed E-state index contributed by atoms with van der Waals surface area (Å²) in [7, 11) is 0. The lowest BCUT2D eigenvalue weighted by molar-refractivity contribution is -0.118. The van der Waals surface area contributed by atoms with Crippen molar-refractivity contribution in [3.05, 3.63) is 36.2 Å². The van der Waals surface area contributed by atoms with Crippen LogP contribution in [0.25, 0.3) is 11.2 Å². The number of rotatable bonds is 6. The van der Waals surface area contributed by atoms with Gasteiger partial charge in [-0.1, -0.05) is 6.07 Å². The largest absolute Gasteiger partial charge is 0.486 e. The maximum absolute atomic E-state index is 11.0. The van der Waals surface area contributed by atoms with Crippen LogP contribution in [0, 0.1) is 0 Å². The molecule has 0 aliphatic heterocycles. The van der Waals surface area contributed by atoms with Gasteiger partial charge in [-0.25, -0.2) is 9.97 Å². The number of fused-ring (bicyclic) bond motifs is 1. The number of carbonyl (C=O) groups excluding carboxylic acids is 1. The Labute approximate surface area is 143 Å². The van der Waals surface area contributed by atoms with E-state index < -0.39 is 0 Å². The van der Waals surface area contributed by atoms with Crippen molar-refractivity contribution in [3.8, 4) is 5.75 Å². The van der Waals surface area contributed by atoms with Gasteiger partial charge in [0.2, 0.25) is 5.95 Å². The van der Waals surface area contributed by atoms with Gasteiger partial charge >= 0.3 is 0 Å². The first-order valence-electron chi connectivity index (χ1n) is 7.52. The molecule has 2 heterocycles. The molecule has 1 aromatic carbocycles. The summed E-state index contributed by atoms with van der Waals surface area (Å²) in [6.07, 6.45) is 1.59. The molecule has 2 aromatic heterocycles. The number of nitrogens with zero attached hydrogens (tertiary/aromatic N) is 4. The molecule has 25 heavy (non-hydrogen) atoms. The number of hydrogen-bond donors (Lipinski definition) is 3. The third kappa shape index (κ3) is 4.08. The van der Waals surface area contributed by atoms with Gasteiger partial charge in [-0.3, -0.25) is 4.79 Å². The number of carbonyl (C=O) groups is 1. The minimum atomic E-state index is -0.0368. The van der Waals surface area contributed by atoms with Crippen LogP contribution in [0.3, 0.4) is 0 Å². The molecule has 128 valence electrons. The van der Waals surface area contributed by atoms with Crippen molar-refractivity contribution >= 4 is 34.4 Å². The first kappa shape index (κ1) is 16.4. The first-order valence-corrected chi connectivity index (χ1v) is 7.52. The lowest BCUT2D eigenvalue weighted by Crippen LogP contribution is -2.08. The van der Waals surface area contributed by atoms with E-state index in [1.807, 2.05) is 12.1 Å². The fourth-order valence-corrected chi connectivity index (χ4v) is 2.14. The molecule has 0 fully saturated rings. The molecule has 0 radical (unpaired) electrons. The molecule has 0 aliphatic carbocycles. The lowest BCUT2D eigenvalue weighted by atomic mass is 10.3. The van der Waals surface area contributed by atoms with Gasteiger partial charge in [0.15, 0.2) is 22.8 Å². The average Bonchev–Trinajstić information content (AvgIpc) is 2.58. The predicted octanol–water partition coefficient (Wildman–Crippen LogP) is 1.16. The van der Waals surface area contributed by atoms with Crippen LogP contribution in [0.1, 0.15) is 12.6 Å². The highest BCUT2D eigenvalue weighted by Crippen LogP contribution is 2.19. The molecular weight excluding hydrogens is 322 g/mol. The predicted molar refractivity (Wildman–Crippen MR) is 93.9 cm³/mol. The van der Waals surface area contributed by atoms with Gasteiger partial charge in [-0.2, -0.15) is 9.97 Å². The zero-order valence-electron chi connectivity index (χ0n) is 13.6. The number of ether oxygens (including phenoxy) is 1. The molecule has 0 saturated carbocycles. The lowest BCUT2D eigenvalue weighted by Gasteiger charge is -2.09. The van der Waals surface area contributed by atoms with Crippen molar-refractivity contribution in [1.29, 1.82) is 0 Å². The molecule has 5 N–H and O–H groups in total. The van der Waals surface area contributed by atoms with Crippen molar-refractivity contribution in [2.24, 2.45) is 0 Å². The highest BCUT2D eigenvalue weighted by atomic mass is 16.5. The Morgan fingerprint density at radius 2 is 2.08 bits per heavy atom. The van der Waals surface area contributed by atoms with E-state index >= 15 is 0 Å². The van der Waals surface area contributed by atoms with Gasteiger partial charge < -0.3 is 21.5 Å². The number of benzene rings is 1. The van der Waals surface area contributed by atoms with Gasteiger partial charge in [0, 0.05) is 11.8 Å². The summed E-state index contributed by atoms with van der Waals surface area (Å²) in [5.41, 5.74) is 13.6. The zero-order valence-corrected chi connectivity index (χ0v) is 13.6. The summed E-state index contributed by atoms with van der Waals surface area (Å²) >= 11 is 0. The minimum Gasteiger partial charge on any atom is -0.486 e. The Hall–Kier alpha value is -3.49. The van der Waals surface area contributed by atoms with Crippen LogP contribution in [0.4, 0.5) is 17.5 Å². The summed E-state index contributed by atoms with van der Waals surface area (Å²) in [4.78, 5) is 27.5. The molecular formula is C16H17N7O2. The minimum absolute atomic E-state index is 0.0368. The van der Waals surface area contributed by atoms with Crippen LogP contribution >= 0.6 is 0 Å². The van der Waals surface area contributed by atoms with Crippen LogP contribution in [0.2, 0.25) is 0 Å². The van der Waals surface area contributed by atoms with E-state index in [1.165, 1.54) is 6.92 Å². The fraction of sp³-hybridized carbons (Fsp3) is 0.188. The Bertz CT molecular complexity index is 930. The average molecular weight is 339 g/mol. The Kier molecular flexibility index (Phi) is 4.55. The number of nitrogen functional groups attached to an aromatic ring is 2. The normalized spacial score (nSPS) is 10.6. The van der Waals surface area contributed by atoms with Crippen molar-refractivity contribution in [3.63, 3.8) is 0 Å². The maximum atomic E-state index is 11.0. The van der Waals surface area contributed by atoms with Crippen LogP contribution in [-0.4, -0.2) is 32.3 Å². The summed E-state index contributed by atoms with van der Waals surface area (Å²) in [6, 6.07) is 7.30. The van der Waals surface area contributed by atoms with E-state index in [9.17, 15) is 4.79 Å². The molecule has 0 amide bonds. The summed E-state index contributed by atoms with van der Waals surface area (Å²) in [5.74, 6) is 0.826. The quantitative estimate of drug-likeness (QED) is 0.603. The number of Topliss-reactive ketones (excluding diaryl/α,β-unsaturated/α-hetero) is 1. The third-order valence-corrected chi connectivity index (χ3v) is 3.25. The van der Waals surface area contributed by atoms with E-state index in [-0.39, 0.29) is 24.2 Å². The monoisotopic (exact) mass is 339 g/mol. The highest BCUT2D eigenvalue weighted by Gasteiger charge is 2.07. The molecule has 0 spiro atoms. The molecule has 0 aliphatic rings. The molecule has 0 atom stereocenters. The molecule has 3 aromatic rings. The summed E-state index contributed by atoms with van der Waals surface area (Å²) in [6.45, 7) is 1.94. The van der Waals surface area contributed by atoms with E-state index in [2.05, 4.69) is 25.3 Å². The number of ketones is 1. The number of anilines is 3. The summed E-state index contributed by atoms with van der Waals surface area (Å²) < 4.78 is 5.38. The fourth-order valence-electron chi connectivity index (χ4n) is 2.14. The Morgan fingerprint density at radius 1 is 1.24 bits per heavy atom. The Morgan fingerprint density at radius 3 is 2.88 bits per heavy atom. The standard InChI is InChI=1S/C16H17N7O2/c1-9(24)8-25-12-4-2-3-10(5-12)19-6-11-7-20-15-13(21-11)14(17)22-16(18)23-15/h2-5,7,19H,6,8H2,1H3,(H4,17,18,20,22,23). The van der Waals surface area contributed by atoms with Gasteiger partial charge in [0.05, 0.1) is 18.4 Å². The number of nitrogens with one attached hydrogen (secondary N) is 1. The van der Waals surface area contributed by atoms with Crippen molar-refractivity contribution in [2.45, 2.75) is 13.5 Å². The topological polar surface area (TPSA) is 142 Å². The molecule has 9 nitrogen and oxygen atoms in total. The number of nitrogens with two attached hydrogens (primary N) is 2. The Balaban J connectivity index is 1.72. The molecule has 9 heteroatoms. The molecule has 0 bridgehead atoms. The van der Waals surface area contributed by atoms with Gasteiger partial charge in [0.25, 0.3) is 0 Å². The summed E-state index contributed by atoms with van der Waals surface area (Å²) in [5, 5.41) is 3.21. The maximum Gasteiger partial charge on any atom is 0.224 e. The number of aromatic nitrogens is 4. The van der Waals surface area contributed by atoms with Crippen LogP contribution in [-0.2, 0) is 11.3 Å². The van der Waals surface area contributed by atoms with Crippen LogP contribution in [0.5, 0.6) is 5.75 Å². The highest BCUT2D eigenvalue weighted by molar-refractivity contribution is 5.81. The van der Waals surface area contributed by atoms with Gasteiger partial charge in [-0.15, -0.1) is 0 Å². The molecule has 3 rings (SSSR count). The molecule has 0 unspecified atom stereocenters. The second-order valence-corrected chi connectivity index (χ2v) is 5.37. The van der Waals surface area contributed by atoms with Crippen LogP contribution < -0.4 is 21.5 Å². The van der Waals surface area contributed by atoms with Gasteiger partial charge in [0.1, 0.15) is 12.4 Å². The zero-order chi connectivity index (χ0) is 17.8. The van der Waals surface area contributed by atoms with E-state index in [4.69, 9.17) is 16.2 Å². The van der Waals surface area contributed by atoms with Crippen molar-refractivity contribution < 1.29 is 9.53 Å². The second-order valence-electron chi connectivity index (χ2n) is 5.37. The van der Waals surface area contributed by atoms with Crippen molar-refractivity contribution in [2.75, 3.05) is 23.4 Å². The first-order chi connectivity index (χ1) is 12.0. The molecule has 0 saturated heterocycles.